The van der Waals surface area contributed by atoms with Crippen LogP contribution in [0.2, 0.25) is 0 Å². The minimum Gasteiger partial charge on any atom is -0.456 e. The summed E-state index contributed by atoms with van der Waals surface area (Å²) in [6.07, 6.45) is 3.09. The summed E-state index contributed by atoms with van der Waals surface area (Å²) in [5.74, 6) is -0.571. The molecular formula is C23H22N2O3S. The summed E-state index contributed by atoms with van der Waals surface area (Å²) in [4.78, 5) is 30.2. The number of nitrogens with zero attached hydrogens (tertiary/aromatic N) is 2. The highest BCUT2D eigenvalue weighted by Crippen LogP contribution is 2.30. The minimum atomic E-state index is -0.444. The van der Waals surface area contributed by atoms with E-state index in [4.69, 9.17) is 4.74 Å². The van der Waals surface area contributed by atoms with E-state index in [1.807, 2.05) is 62.4 Å². The molecule has 3 rings (SSSR count). The minimum absolute atomic E-state index is 0.0487. The molecule has 0 N–H and O–H groups in total. The van der Waals surface area contributed by atoms with Crippen molar-refractivity contribution >= 4 is 40.1 Å². The first-order chi connectivity index (χ1) is 13.9. The van der Waals surface area contributed by atoms with Gasteiger partial charge in [0.15, 0.2) is 5.13 Å². The lowest BCUT2D eigenvalue weighted by molar-refractivity contribution is -0.139. The van der Waals surface area contributed by atoms with Gasteiger partial charge in [0.2, 0.25) is 5.91 Å². The van der Waals surface area contributed by atoms with Crippen molar-refractivity contribution in [1.82, 2.24) is 4.98 Å². The molecule has 29 heavy (non-hydrogen) atoms. The number of esters is 1. The molecule has 0 unspecified atom stereocenters. The van der Waals surface area contributed by atoms with Crippen LogP contribution in [0, 0.1) is 13.8 Å². The van der Waals surface area contributed by atoms with E-state index in [9.17, 15) is 9.59 Å². The first-order valence-corrected chi connectivity index (χ1v) is 10.0. The van der Waals surface area contributed by atoms with Crippen molar-refractivity contribution in [1.29, 1.82) is 0 Å². The van der Waals surface area contributed by atoms with Crippen LogP contribution in [0.15, 0.2) is 60.0 Å². The average molecular weight is 407 g/mol. The van der Waals surface area contributed by atoms with Crippen molar-refractivity contribution in [3.8, 4) is 0 Å². The number of amides is 1. The molecule has 0 atom stereocenters. The van der Waals surface area contributed by atoms with Crippen molar-refractivity contribution in [3.63, 3.8) is 0 Å². The van der Waals surface area contributed by atoms with E-state index >= 15 is 0 Å². The van der Waals surface area contributed by atoms with E-state index in [-0.39, 0.29) is 12.5 Å². The molecule has 1 heterocycles. The van der Waals surface area contributed by atoms with Crippen LogP contribution in [0.4, 0.5) is 10.8 Å². The number of ether oxygens (including phenoxy) is 1. The highest BCUT2D eigenvalue weighted by molar-refractivity contribution is 7.14. The summed E-state index contributed by atoms with van der Waals surface area (Å²) >= 11 is 1.34. The van der Waals surface area contributed by atoms with Crippen molar-refractivity contribution < 1.29 is 14.3 Å². The van der Waals surface area contributed by atoms with Gasteiger partial charge in [-0.3, -0.25) is 9.69 Å². The van der Waals surface area contributed by atoms with Gasteiger partial charge < -0.3 is 4.74 Å². The van der Waals surface area contributed by atoms with Crippen LogP contribution in [0.3, 0.4) is 0 Å². The molecule has 148 valence electrons. The maximum atomic E-state index is 12.2. The van der Waals surface area contributed by atoms with E-state index in [0.29, 0.717) is 10.8 Å². The van der Waals surface area contributed by atoms with Crippen LogP contribution in [-0.2, 0) is 20.9 Å². The van der Waals surface area contributed by atoms with Crippen LogP contribution in [0.25, 0.3) is 6.08 Å². The van der Waals surface area contributed by atoms with Crippen molar-refractivity contribution in [3.05, 3.63) is 82.4 Å². The second-order valence-electron chi connectivity index (χ2n) is 6.60. The zero-order chi connectivity index (χ0) is 20.8. The molecule has 0 saturated carbocycles. The van der Waals surface area contributed by atoms with E-state index in [0.717, 1.165) is 22.4 Å². The molecule has 0 aliphatic carbocycles. The number of carbonyl (C=O) groups is 2. The molecular weight excluding hydrogens is 384 g/mol. The second-order valence-corrected chi connectivity index (χ2v) is 7.43. The van der Waals surface area contributed by atoms with Crippen LogP contribution >= 0.6 is 11.3 Å². The molecule has 5 nitrogen and oxygen atoms in total. The summed E-state index contributed by atoms with van der Waals surface area (Å²) in [7, 11) is 0. The number of anilines is 2. The molecule has 2 aromatic carbocycles. The fourth-order valence-electron chi connectivity index (χ4n) is 2.68. The Morgan fingerprint density at radius 1 is 1.10 bits per heavy atom. The second kappa shape index (κ2) is 9.30. The average Bonchev–Trinajstić information content (AvgIpc) is 3.16. The predicted octanol–water partition coefficient (Wildman–Crippen LogP) is 5.20. The largest absolute Gasteiger partial charge is 0.456 e. The predicted molar refractivity (Wildman–Crippen MR) is 116 cm³/mol. The van der Waals surface area contributed by atoms with Gasteiger partial charge in [0.1, 0.15) is 6.61 Å². The maximum absolute atomic E-state index is 12.2. The molecule has 0 bridgehead atoms. The summed E-state index contributed by atoms with van der Waals surface area (Å²) in [5, 5.41) is 2.34. The molecule has 6 heteroatoms. The van der Waals surface area contributed by atoms with E-state index < -0.39 is 5.97 Å². The number of carbonyl (C=O) groups excluding carboxylic acids is 2. The van der Waals surface area contributed by atoms with Crippen molar-refractivity contribution in [2.45, 2.75) is 27.4 Å². The van der Waals surface area contributed by atoms with Gasteiger partial charge in [-0.2, -0.15) is 0 Å². The fraction of sp³-hybridized carbons (Fsp3) is 0.174. The molecule has 0 aliphatic heterocycles. The maximum Gasteiger partial charge on any atom is 0.331 e. The number of benzene rings is 2. The lowest BCUT2D eigenvalue weighted by Crippen LogP contribution is -2.22. The smallest absolute Gasteiger partial charge is 0.331 e. The molecule has 1 amide bonds. The number of aryl methyl sites for hydroxylation is 2. The first-order valence-electron chi connectivity index (χ1n) is 9.16. The third-order valence-electron chi connectivity index (χ3n) is 4.37. The van der Waals surface area contributed by atoms with Gasteiger partial charge in [0, 0.05) is 18.4 Å². The van der Waals surface area contributed by atoms with E-state index in [1.165, 1.54) is 24.3 Å². The Morgan fingerprint density at radius 3 is 2.55 bits per heavy atom. The third-order valence-corrected chi connectivity index (χ3v) is 5.24. The Hall–Kier alpha value is -3.25. The lowest BCUT2D eigenvalue weighted by Gasteiger charge is -2.19. The van der Waals surface area contributed by atoms with Gasteiger partial charge in [-0.1, -0.05) is 36.4 Å². The SMILES string of the molecule is CC(=O)N(c1ccc(C)c(C)c1)c1nc(COC(=O)/C=C/c2ccccc2)cs1. The quantitative estimate of drug-likeness (QED) is 0.417. The highest BCUT2D eigenvalue weighted by Gasteiger charge is 2.18. The molecule has 0 radical (unpaired) electrons. The van der Waals surface area contributed by atoms with Gasteiger partial charge in [0.25, 0.3) is 0 Å². The molecule has 3 aromatic rings. The Morgan fingerprint density at radius 2 is 1.86 bits per heavy atom. The summed E-state index contributed by atoms with van der Waals surface area (Å²) in [5.41, 5.74) is 4.55. The van der Waals surface area contributed by atoms with Gasteiger partial charge in [-0.25, -0.2) is 9.78 Å². The molecule has 1 aromatic heterocycles. The van der Waals surface area contributed by atoms with Gasteiger partial charge in [-0.05, 0) is 48.7 Å². The summed E-state index contributed by atoms with van der Waals surface area (Å²) < 4.78 is 5.26. The van der Waals surface area contributed by atoms with Gasteiger partial charge in [0.05, 0.1) is 11.4 Å². The number of thiazole rings is 1. The van der Waals surface area contributed by atoms with Crippen LogP contribution in [0.1, 0.15) is 29.3 Å². The van der Waals surface area contributed by atoms with Crippen molar-refractivity contribution in [2.24, 2.45) is 0 Å². The first kappa shape index (κ1) is 20.5. The zero-order valence-corrected chi connectivity index (χ0v) is 17.4. The lowest BCUT2D eigenvalue weighted by atomic mass is 10.1. The molecule has 0 aliphatic rings. The summed E-state index contributed by atoms with van der Waals surface area (Å²) in [6.45, 7) is 5.59. The Balaban J connectivity index is 1.67. The number of rotatable bonds is 6. The summed E-state index contributed by atoms with van der Waals surface area (Å²) in [6, 6.07) is 15.4. The highest BCUT2D eigenvalue weighted by atomic mass is 32.1. The zero-order valence-electron chi connectivity index (χ0n) is 16.6. The Labute approximate surface area is 174 Å². The number of hydrogen-bond donors (Lipinski definition) is 0. The molecule has 0 fully saturated rings. The third kappa shape index (κ3) is 5.39. The monoisotopic (exact) mass is 406 g/mol. The molecule has 0 spiro atoms. The number of hydrogen-bond acceptors (Lipinski definition) is 5. The van der Waals surface area contributed by atoms with Crippen LogP contribution in [0.5, 0.6) is 0 Å². The Kier molecular flexibility index (Phi) is 6.57. The van der Waals surface area contributed by atoms with E-state index in [1.54, 1.807) is 16.4 Å². The van der Waals surface area contributed by atoms with Gasteiger partial charge >= 0.3 is 5.97 Å². The number of aromatic nitrogens is 1. The molecule has 0 saturated heterocycles. The standard InChI is InChI=1S/C23H22N2O3S/c1-16-9-11-21(13-17(16)2)25(18(3)26)23-24-20(15-29-23)14-28-22(27)12-10-19-7-5-4-6-8-19/h4-13,15H,14H2,1-3H3/b12-10+. The van der Waals surface area contributed by atoms with Gasteiger partial charge in [-0.15, -0.1) is 11.3 Å². The van der Waals surface area contributed by atoms with E-state index in [2.05, 4.69) is 4.98 Å². The Bertz CT molecular complexity index is 1040. The fourth-order valence-corrected chi connectivity index (χ4v) is 3.55. The van der Waals surface area contributed by atoms with Crippen molar-refractivity contribution in [2.75, 3.05) is 4.90 Å². The normalized spacial score (nSPS) is 10.9. The van der Waals surface area contributed by atoms with Crippen LogP contribution in [-0.4, -0.2) is 16.9 Å². The van der Waals surface area contributed by atoms with Crippen LogP contribution < -0.4 is 4.90 Å². The topological polar surface area (TPSA) is 59.5 Å².